The van der Waals surface area contributed by atoms with Gasteiger partial charge in [-0.3, -0.25) is 0 Å². The molecule has 2 nitrogen and oxygen atoms in total. The molecule has 0 saturated carbocycles. The van der Waals surface area contributed by atoms with Gasteiger partial charge < -0.3 is 10.1 Å². The summed E-state index contributed by atoms with van der Waals surface area (Å²) in [5, 5.41) is 4.63. The molecule has 0 fully saturated rings. The van der Waals surface area contributed by atoms with E-state index in [1.165, 1.54) is 5.56 Å². The zero-order valence-corrected chi connectivity index (χ0v) is 14.1. The van der Waals surface area contributed by atoms with Crippen LogP contribution in [0.2, 0.25) is 10.0 Å². The molecule has 1 atom stereocenters. The second-order valence-electron chi connectivity index (χ2n) is 5.07. The van der Waals surface area contributed by atoms with E-state index in [2.05, 4.69) is 24.4 Å². The minimum atomic E-state index is 0.0133. The second-order valence-corrected chi connectivity index (χ2v) is 5.91. The molecule has 0 aromatic heterocycles. The van der Waals surface area contributed by atoms with Crippen molar-refractivity contribution in [1.29, 1.82) is 0 Å². The van der Waals surface area contributed by atoms with Gasteiger partial charge >= 0.3 is 0 Å². The van der Waals surface area contributed by atoms with Gasteiger partial charge in [0, 0.05) is 10.0 Å². The molecule has 0 bridgehead atoms. The number of nitrogens with one attached hydrogen (secondary N) is 1. The maximum atomic E-state index is 6.35. The maximum absolute atomic E-state index is 6.35. The molecule has 4 heteroatoms. The number of rotatable bonds is 4. The minimum absolute atomic E-state index is 0.0133. The van der Waals surface area contributed by atoms with E-state index in [-0.39, 0.29) is 6.04 Å². The molecule has 0 aliphatic heterocycles. The number of hydrogen-bond donors (Lipinski definition) is 1. The molecule has 21 heavy (non-hydrogen) atoms. The van der Waals surface area contributed by atoms with Gasteiger partial charge in [0.1, 0.15) is 5.75 Å². The minimum Gasteiger partial charge on any atom is -0.496 e. The summed E-state index contributed by atoms with van der Waals surface area (Å²) in [4.78, 5) is 0. The van der Waals surface area contributed by atoms with Gasteiger partial charge in [-0.15, -0.1) is 0 Å². The maximum Gasteiger partial charge on any atom is 0.122 e. The highest BCUT2D eigenvalue weighted by atomic mass is 35.5. The number of hydrogen-bond acceptors (Lipinski definition) is 2. The summed E-state index contributed by atoms with van der Waals surface area (Å²) in [6.07, 6.45) is 0. The van der Waals surface area contributed by atoms with Gasteiger partial charge in [-0.05, 0) is 61.3 Å². The van der Waals surface area contributed by atoms with E-state index in [0.717, 1.165) is 22.4 Å². The summed E-state index contributed by atoms with van der Waals surface area (Å²) >= 11 is 12.3. The monoisotopic (exact) mass is 323 g/mol. The van der Waals surface area contributed by atoms with Crippen LogP contribution in [0.3, 0.4) is 0 Å². The molecular formula is C17H19Cl2NO. The van der Waals surface area contributed by atoms with Crippen molar-refractivity contribution in [2.75, 3.05) is 14.2 Å². The third-order valence-electron chi connectivity index (χ3n) is 3.66. The van der Waals surface area contributed by atoms with Crippen molar-refractivity contribution in [2.24, 2.45) is 0 Å². The molecule has 2 aromatic rings. The van der Waals surface area contributed by atoms with E-state index >= 15 is 0 Å². The first-order valence-electron chi connectivity index (χ1n) is 6.75. The van der Waals surface area contributed by atoms with Gasteiger partial charge in [0.25, 0.3) is 0 Å². The Morgan fingerprint density at radius 2 is 1.71 bits per heavy atom. The van der Waals surface area contributed by atoms with Crippen LogP contribution < -0.4 is 10.1 Å². The van der Waals surface area contributed by atoms with Gasteiger partial charge in [-0.25, -0.2) is 0 Å². The summed E-state index contributed by atoms with van der Waals surface area (Å²) in [6.45, 7) is 4.11. The van der Waals surface area contributed by atoms with Crippen LogP contribution in [0.1, 0.15) is 28.3 Å². The normalized spacial score (nSPS) is 12.3. The fraction of sp³-hybridized carbons (Fsp3) is 0.294. The van der Waals surface area contributed by atoms with E-state index < -0.39 is 0 Å². The zero-order valence-electron chi connectivity index (χ0n) is 12.6. The van der Waals surface area contributed by atoms with Crippen molar-refractivity contribution in [2.45, 2.75) is 19.9 Å². The van der Waals surface area contributed by atoms with Crippen LogP contribution >= 0.6 is 23.2 Å². The molecule has 0 aliphatic carbocycles. The lowest BCUT2D eigenvalue weighted by atomic mass is 9.93. The van der Waals surface area contributed by atoms with Crippen molar-refractivity contribution in [3.05, 3.63) is 62.6 Å². The summed E-state index contributed by atoms with van der Waals surface area (Å²) in [5.74, 6) is 0.897. The third kappa shape index (κ3) is 3.34. The van der Waals surface area contributed by atoms with Crippen LogP contribution in [-0.2, 0) is 0 Å². The van der Waals surface area contributed by atoms with Crippen LogP contribution in [0, 0.1) is 13.8 Å². The molecule has 0 amide bonds. The molecule has 2 rings (SSSR count). The highest BCUT2D eigenvalue weighted by Crippen LogP contribution is 2.34. The molecule has 0 aliphatic rings. The van der Waals surface area contributed by atoms with E-state index in [9.17, 15) is 0 Å². The van der Waals surface area contributed by atoms with E-state index in [4.69, 9.17) is 27.9 Å². The average Bonchev–Trinajstić information content (AvgIpc) is 2.45. The first kappa shape index (κ1) is 16.2. The number of benzene rings is 2. The van der Waals surface area contributed by atoms with Crippen LogP contribution in [-0.4, -0.2) is 14.2 Å². The Morgan fingerprint density at radius 3 is 2.29 bits per heavy atom. The summed E-state index contributed by atoms with van der Waals surface area (Å²) in [6, 6.07) is 9.80. The largest absolute Gasteiger partial charge is 0.496 e. The van der Waals surface area contributed by atoms with E-state index in [1.54, 1.807) is 13.2 Å². The number of aryl methyl sites for hydroxylation is 2. The predicted octanol–water partition coefficient (Wildman–Crippen LogP) is 4.93. The summed E-state index contributed by atoms with van der Waals surface area (Å²) in [7, 11) is 3.61. The van der Waals surface area contributed by atoms with Crippen molar-refractivity contribution in [3.63, 3.8) is 0 Å². The Labute approximate surface area is 136 Å². The van der Waals surface area contributed by atoms with Gasteiger partial charge in [0.15, 0.2) is 0 Å². The summed E-state index contributed by atoms with van der Waals surface area (Å²) in [5.41, 5.74) is 4.45. The SMILES string of the molecule is CNC(c1cc(C)c(OC)cc1C)c1ccc(Cl)cc1Cl. The smallest absolute Gasteiger partial charge is 0.122 e. The molecule has 1 unspecified atom stereocenters. The van der Waals surface area contributed by atoms with Crippen molar-refractivity contribution < 1.29 is 4.74 Å². The third-order valence-corrected chi connectivity index (χ3v) is 4.22. The van der Waals surface area contributed by atoms with Crippen LogP contribution in [0.5, 0.6) is 5.75 Å². The lowest BCUT2D eigenvalue weighted by molar-refractivity contribution is 0.411. The lowest BCUT2D eigenvalue weighted by Gasteiger charge is -2.22. The fourth-order valence-electron chi connectivity index (χ4n) is 2.56. The summed E-state index contributed by atoms with van der Waals surface area (Å²) < 4.78 is 5.38. The van der Waals surface area contributed by atoms with Crippen LogP contribution in [0.25, 0.3) is 0 Å². The zero-order chi connectivity index (χ0) is 15.6. The first-order chi connectivity index (χ1) is 9.97. The molecule has 0 radical (unpaired) electrons. The highest BCUT2D eigenvalue weighted by molar-refractivity contribution is 6.35. The Hall–Kier alpha value is -1.22. The van der Waals surface area contributed by atoms with Gasteiger partial charge in [-0.2, -0.15) is 0 Å². The quantitative estimate of drug-likeness (QED) is 0.861. The lowest BCUT2D eigenvalue weighted by Crippen LogP contribution is -2.19. The Kier molecular flexibility index (Phi) is 5.15. The fourth-order valence-corrected chi connectivity index (χ4v) is 3.07. The molecule has 1 N–H and O–H groups in total. The van der Waals surface area contributed by atoms with Crippen LogP contribution in [0.4, 0.5) is 0 Å². The van der Waals surface area contributed by atoms with Crippen LogP contribution in [0.15, 0.2) is 30.3 Å². The average molecular weight is 324 g/mol. The molecule has 0 heterocycles. The van der Waals surface area contributed by atoms with Crippen molar-refractivity contribution in [3.8, 4) is 5.75 Å². The van der Waals surface area contributed by atoms with Crippen molar-refractivity contribution >= 4 is 23.2 Å². The van der Waals surface area contributed by atoms with E-state index in [0.29, 0.717) is 10.0 Å². The standard InChI is InChI=1S/C17H19Cl2NO/c1-10-8-16(21-4)11(2)7-14(10)17(20-3)13-6-5-12(18)9-15(13)19/h5-9,17,20H,1-4H3. The number of ether oxygens (including phenoxy) is 1. The molecule has 2 aromatic carbocycles. The number of halogens is 2. The van der Waals surface area contributed by atoms with Gasteiger partial charge in [-0.1, -0.05) is 35.3 Å². The molecular weight excluding hydrogens is 305 g/mol. The Bertz CT molecular complexity index is 655. The topological polar surface area (TPSA) is 21.3 Å². The molecule has 112 valence electrons. The predicted molar refractivity (Wildman–Crippen MR) is 89.8 cm³/mol. The Balaban J connectivity index is 2.53. The molecule has 0 spiro atoms. The van der Waals surface area contributed by atoms with Crippen molar-refractivity contribution in [1.82, 2.24) is 5.32 Å². The first-order valence-corrected chi connectivity index (χ1v) is 7.51. The highest BCUT2D eigenvalue weighted by Gasteiger charge is 2.18. The van der Waals surface area contributed by atoms with Gasteiger partial charge in [0.05, 0.1) is 13.2 Å². The van der Waals surface area contributed by atoms with E-state index in [1.807, 2.05) is 26.1 Å². The number of methoxy groups -OCH3 is 1. The second kappa shape index (κ2) is 6.69. The Morgan fingerprint density at radius 1 is 1.00 bits per heavy atom. The van der Waals surface area contributed by atoms with Gasteiger partial charge in [0.2, 0.25) is 0 Å². The molecule has 0 saturated heterocycles.